The number of rotatable bonds is 8. The van der Waals surface area contributed by atoms with Gasteiger partial charge in [-0.25, -0.2) is 9.98 Å². The number of aryl methyl sites for hydroxylation is 2. The van der Waals surface area contributed by atoms with Gasteiger partial charge in [-0.05, 0) is 31.9 Å². The van der Waals surface area contributed by atoms with E-state index in [1.807, 2.05) is 11.3 Å². The van der Waals surface area contributed by atoms with Crippen molar-refractivity contribution in [2.45, 2.75) is 46.6 Å². The average Bonchev–Trinajstić information content (AvgIpc) is 3.21. The maximum Gasteiger partial charge on any atom is 0.191 e. The smallest absolute Gasteiger partial charge is 0.191 e. The summed E-state index contributed by atoms with van der Waals surface area (Å²) in [6.07, 6.45) is 3.04. The molecule has 4 nitrogen and oxygen atoms in total. The lowest BCUT2D eigenvalue weighted by molar-refractivity contribution is 0.790. The second kappa shape index (κ2) is 11.8. The fraction of sp³-hybridized carbons (Fsp3) is 0.529. The molecule has 0 fully saturated rings. The molecule has 0 radical (unpaired) electrons. The quantitative estimate of drug-likeness (QED) is 0.339. The van der Waals surface area contributed by atoms with Gasteiger partial charge in [0.05, 0.1) is 17.2 Å². The molecule has 134 valence electrons. The van der Waals surface area contributed by atoms with E-state index in [9.17, 15) is 0 Å². The van der Waals surface area contributed by atoms with E-state index in [0.717, 1.165) is 44.9 Å². The predicted molar refractivity (Wildman–Crippen MR) is 117 cm³/mol. The van der Waals surface area contributed by atoms with Crippen molar-refractivity contribution in [3.05, 3.63) is 38.0 Å². The molecule has 2 rings (SSSR count). The van der Waals surface area contributed by atoms with E-state index < -0.39 is 0 Å². The van der Waals surface area contributed by atoms with Crippen LogP contribution in [0.1, 0.15) is 41.2 Å². The zero-order valence-electron chi connectivity index (χ0n) is 14.6. The lowest BCUT2D eigenvalue weighted by atomic mass is 10.3. The molecule has 0 amide bonds. The Balaban J connectivity index is 0.00000288. The van der Waals surface area contributed by atoms with Crippen molar-refractivity contribution in [2.24, 2.45) is 4.99 Å². The van der Waals surface area contributed by atoms with E-state index in [1.54, 1.807) is 11.3 Å². The summed E-state index contributed by atoms with van der Waals surface area (Å²) in [6.45, 7) is 8.87. The zero-order chi connectivity index (χ0) is 16.5. The number of nitrogens with one attached hydrogen (secondary N) is 2. The number of aromatic nitrogens is 1. The fourth-order valence-electron chi connectivity index (χ4n) is 2.13. The van der Waals surface area contributed by atoms with Crippen molar-refractivity contribution in [3.8, 4) is 0 Å². The summed E-state index contributed by atoms with van der Waals surface area (Å²) < 4.78 is 0. The lowest BCUT2D eigenvalue weighted by Gasteiger charge is -2.10. The zero-order valence-corrected chi connectivity index (χ0v) is 18.6. The van der Waals surface area contributed by atoms with E-state index in [0.29, 0.717) is 0 Å². The minimum Gasteiger partial charge on any atom is -0.357 e. The number of halogens is 1. The predicted octanol–water partition coefficient (Wildman–Crippen LogP) is 4.25. The third kappa shape index (κ3) is 7.06. The highest BCUT2D eigenvalue weighted by Crippen LogP contribution is 2.17. The fourth-order valence-corrected chi connectivity index (χ4v) is 3.79. The van der Waals surface area contributed by atoms with Crippen LogP contribution in [-0.2, 0) is 25.8 Å². The van der Waals surface area contributed by atoms with Gasteiger partial charge in [0.1, 0.15) is 0 Å². The molecule has 0 atom stereocenters. The van der Waals surface area contributed by atoms with E-state index in [2.05, 4.69) is 58.9 Å². The van der Waals surface area contributed by atoms with Gasteiger partial charge in [0.15, 0.2) is 5.96 Å². The molecule has 2 N–H and O–H groups in total. The molecule has 2 heterocycles. The molecule has 0 aliphatic carbocycles. The van der Waals surface area contributed by atoms with E-state index in [-0.39, 0.29) is 24.0 Å². The van der Waals surface area contributed by atoms with Crippen molar-refractivity contribution < 1.29 is 0 Å². The molecule has 24 heavy (non-hydrogen) atoms. The summed E-state index contributed by atoms with van der Waals surface area (Å²) in [4.78, 5) is 12.0. The number of hydrogen-bond donors (Lipinski definition) is 2. The molecular weight excluding hydrogens is 451 g/mol. The highest BCUT2D eigenvalue weighted by atomic mass is 127. The molecule has 0 aliphatic heterocycles. The van der Waals surface area contributed by atoms with Crippen LogP contribution in [0.3, 0.4) is 0 Å². The summed E-state index contributed by atoms with van der Waals surface area (Å²) in [5.41, 5.74) is 1.17. The van der Waals surface area contributed by atoms with Gasteiger partial charge >= 0.3 is 0 Å². The largest absolute Gasteiger partial charge is 0.357 e. The number of hydrogen-bond acceptors (Lipinski definition) is 4. The monoisotopic (exact) mass is 478 g/mol. The van der Waals surface area contributed by atoms with E-state index in [1.165, 1.54) is 20.5 Å². The Morgan fingerprint density at radius 1 is 1.12 bits per heavy atom. The number of aliphatic imine (C=N–C) groups is 1. The SMILES string of the molecule is CCNC(=NCc1ccc(CC)s1)NCCc1csc(CC)n1.I. The van der Waals surface area contributed by atoms with Crippen LogP contribution in [0.2, 0.25) is 0 Å². The number of guanidine groups is 1. The highest BCUT2D eigenvalue weighted by molar-refractivity contribution is 14.0. The second-order valence-electron chi connectivity index (χ2n) is 5.18. The summed E-state index contributed by atoms with van der Waals surface area (Å²) in [5.74, 6) is 0.880. The standard InChI is InChI=1S/C17H26N4S2.HI/c1-4-14-7-8-15(23-14)11-20-17(18-6-3)19-10-9-13-12-22-16(5-2)21-13;/h7-8,12H,4-6,9-11H2,1-3H3,(H2,18,19,20);1H. The van der Waals surface area contributed by atoms with Gasteiger partial charge in [0.2, 0.25) is 0 Å². The minimum atomic E-state index is 0. The van der Waals surface area contributed by atoms with Crippen LogP contribution in [0.25, 0.3) is 0 Å². The Hall–Kier alpha value is -0.670. The van der Waals surface area contributed by atoms with Gasteiger partial charge < -0.3 is 10.6 Å². The van der Waals surface area contributed by atoms with Crippen molar-refractivity contribution >= 4 is 52.6 Å². The highest BCUT2D eigenvalue weighted by Gasteiger charge is 2.03. The van der Waals surface area contributed by atoms with Gasteiger partial charge in [-0.15, -0.1) is 46.7 Å². The van der Waals surface area contributed by atoms with Crippen LogP contribution in [0.4, 0.5) is 0 Å². The molecule has 0 aliphatic rings. The molecule has 2 aromatic rings. The van der Waals surface area contributed by atoms with Crippen molar-refractivity contribution in [2.75, 3.05) is 13.1 Å². The first-order valence-corrected chi connectivity index (χ1v) is 9.97. The van der Waals surface area contributed by atoms with Crippen molar-refractivity contribution in [1.29, 1.82) is 0 Å². The van der Waals surface area contributed by atoms with Crippen LogP contribution in [0.15, 0.2) is 22.5 Å². The molecule has 2 aromatic heterocycles. The average molecular weight is 478 g/mol. The first-order chi connectivity index (χ1) is 11.2. The summed E-state index contributed by atoms with van der Waals surface area (Å²) in [6, 6.07) is 4.38. The van der Waals surface area contributed by atoms with Gasteiger partial charge in [-0.3, -0.25) is 0 Å². The molecule has 0 saturated heterocycles. The van der Waals surface area contributed by atoms with Gasteiger partial charge in [-0.1, -0.05) is 13.8 Å². The Bertz CT molecular complexity index is 622. The maximum atomic E-state index is 4.67. The Labute approximate surface area is 170 Å². The molecule has 0 aromatic carbocycles. The van der Waals surface area contributed by atoms with E-state index >= 15 is 0 Å². The van der Waals surface area contributed by atoms with Crippen LogP contribution in [-0.4, -0.2) is 24.0 Å². The Kier molecular flexibility index (Phi) is 10.5. The maximum absolute atomic E-state index is 4.67. The molecule has 0 spiro atoms. The van der Waals surface area contributed by atoms with Gasteiger partial charge in [0.25, 0.3) is 0 Å². The summed E-state index contributed by atoms with van der Waals surface area (Å²) in [5, 5.41) is 10.1. The minimum absolute atomic E-state index is 0. The van der Waals surface area contributed by atoms with Crippen LogP contribution >= 0.6 is 46.7 Å². The number of thiazole rings is 1. The van der Waals surface area contributed by atoms with Crippen LogP contribution < -0.4 is 10.6 Å². The third-order valence-electron chi connectivity index (χ3n) is 3.38. The Morgan fingerprint density at radius 2 is 1.92 bits per heavy atom. The first-order valence-electron chi connectivity index (χ1n) is 8.28. The second-order valence-corrected chi connectivity index (χ2v) is 7.38. The Morgan fingerprint density at radius 3 is 2.54 bits per heavy atom. The summed E-state index contributed by atoms with van der Waals surface area (Å²) >= 11 is 3.59. The number of thiophene rings is 1. The van der Waals surface area contributed by atoms with Crippen LogP contribution in [0.5, 0.6) is 0 Å². The van der Waals surface area contributed by atoms with Crippen molar-refractivity contribution in [3.63, 3.8) is 0 Å². The van der Waals surface area contributed by atoms with E-state index in [4.69, 9.17) is 0 Å². The topological polar surface area (TPSA) is 49.3 Å². The number of nitrogens with zero attached hydrogens (tertiary/aromatic N) is 2. The lowest BCUT2D eigenvalue weighted by Crippen LogP contribution is -2.38. The molecule has 0 saturated carbocycles. The summed E-state index contributed by atoms with van der Waals surface area (Å²) in [7, 11) is 0. The van der Waals surface area contributed by atoms with Crippen molar-refractivity contribution in [1.82, 2.24) is 15.6 Å². The molecule has 0 bridgehead atoms. The first kappa shape index (κ1) is 21.4. The molecule has 7 heteroatoms. The van der Waals surface area contributed by atoms with Crippen LogP contribution in [0, 0.1) is 0 Å². The van der Waals surface area contributed by atoms with Gasteiger partial charge in [0, 0.05) is 34.6 Å². The molecular formula is C17H27IN4S2. The molecule has 0 unspecified atom stereocenters. The normalized spacial score (nSPS) is 11.2. The van der Waals surface area contributed by atoms with Gasteiger partial charge in [-0.2, -0.15) is 0 Å². The third-order valence-corrected chi connectivity index (χ3v) is 5.63.